The Bertz CT molecular complexity index is 481. The quantitative estimate of drug-likeness (QED) is 0.672. The van der Waals surface area contributed by atoms with Crippen molar-refractivity contribution >= 4 is 5.69 Å². The molecule has 1 saturated heterocycles. The van der Waals surface area contributed by atoms with Crippen LogP contribution in [0.4, 0.5) is 10.1 Å². The number of nitro benzene ring substituents is 1. The fraction of sp³-hybridized carbons (Fsp3) is 0.538. The van der Waals surface area contributed by atoms with Crippen LogP contribution in [-0.2, 0) is 6.54 Å². The third kappa shape index (κ3) is 3.08. The van der Waals surface area contributed by atoms with Crippen molar-refractivity contribution < 1.29 is 14.4 Å². The molecule has 2 unspecified atom stereocenters. The summed E-state index contributed by atoms with van der Waals surface area (Å²) >= 11 is 0. The normalized spacial score (nSPS) is 24.4. The average molecular weight is 268 g/mol. The van der Waals surface area contributed by atoms with Crippen molar-refractivity contribution in [3.63, 3.8) is 0 Å². The molecule has 1 aromatic rings. The topological polar surface area (TPSA) is 66.6 Å². The van der Waals surface area contributed by atoms with Crippen LogP contribution in [-0.4, -0.2) is 34.1 Å². The maximum absolute atomic E-state index is 13.9. The molecule has 2 atom stereocenters. The molecule has 1 heterocycles. The van der Waals surface area contributed by atoms with Gasteiger partial charge in [-0.1, -0.05) is 19.1 Å². The Morgan fingerprint density at radius 1 is 1.58 bits per heavy atom. The summed E-state index contributed by atoms with van der Waals surface area (Å²) in [6.45, 7) is 3.51. The minimum atomic E-state index is -0.777. The summed E-state index contributed by atoms with van der Waals surface area (Å²) in [5.41, 5.74) is -0.195. The number of halogens is 1. The number of aliphatic hydroxyl groups is 1. The van der Waals surface area contributed by atoms with Crippen molar-refractivity contribution in [2.75, 3.05) is 13.1 Å². The molecule has 0 spiro atoms. The molecule has 1 aliphatic rings. The van der Waals surface area contributed by atoms with Gasteiger partial charge in [-0.2, -0.15) is 4.39 Å². The second-order valence-electron chi connectivity index (χ2n) is 5.08. The molecule has 104 valence electrons. The van der Waals surface area contributed by atoms with Crippen LogP contribution in [0.1, 0.15) is 18.9 Å². The van der Waals surface area contributed by atoms with Crippen LogP contribution in [0.3, 0.4) is 0 Å². The average Bonchev–Trinajstić information content (AvgIpc) is 2.36. The first kappa shape index (κ1) is 13.9. The number of hydrogen-bond donors (Lipinski definition) is 1. The maximum atomic E-state index is 13.9. The molecular formula is C13H17FN2O3. The van der Waals surface area contributed by atoms with E-state index in [2.05, 4.69) is 0 Å². The minimum Gasteiger partial charge on any atom is -0.392 e. The number of benzene rings is 1. The van der Waals surface area contributed by atoms with E-state index in [1.807, 2.05) is 11.8 Å². The van der Waals surface area contributed by atoms with E-state index in [-0.39, 0.29) is 12.5 Å². The summed E-state index contributed by atoms with van der Waals surface area (Å²) in [5.74, 6) is -0.535. The standard InChI is InChI=1S/C13H17FN2O3/c1-9-5-6-15(8-12(9)17)7-10-3-2-4-11(13(10)14)16(18)19/h2-4,9,12,17H,5-8H2,1H3. The predicted molar refractivity (Wildman–Crippen MR) is 68.1 cm³/mol. The highest BCUT2D eigenvalue weighted by molar-refractivity contribution is 5.36. The van der Waals surface area contributed by atoms with Crippen molar-refractivity contribution in [1.29, 1.82) is 0 Å². The number of likely N-dealkylation sites (tertiary alicyclic amines) is 1. The van der Waals surface area contributed by atoms with Gasteiger partial charge in [0.15, 0.2) is 0 Å². The van der Waals surface area contributed by atoms with Gasteiger partial charge in [-0.05, 0) is 18.9 Å². The fourth-order valence-electron chi connectivity index (χ4n) is 2.33. The number of piperidine rings is 1. The zero-order valence-electron chi connectivity index (χ0n) is 10.8. The van der Waals surface area contributed by atoms with Crippen molar-refractivity contribution in [2.45, 2.75) is 26.0 Å². The van der Waals surface area contributed by atoms with Gasteiger partial charge in [0, 0.05) is 24.7 Å². The molecular weight excluding hydrogens is 251 g/mol. The summed E-state index contributed by atoms with van der Waals surface area (Å²) in [4.78, 5) is 11.9. The highest BCUT2D eigenvalue weighted by atomic mass is 19.1. The molecule has 19 heavy (non-hydrogen) atoms. The summed E-state index contributed by atoms with van der Waals surface area (Å²) in [6, 6.07) is 4.19. The largest absolute Gasteiger partial charge is 0.392 e. The lowest BCUT2D eigenvalue weighted by atomic mass is 9.95. The van der Waals surface area contributed by atoms with Gasteiger partial charge in [0.1, 0.15) is 0 Å². The van der Waals surface area contributed by atoms with Crippen LogP contribution < -0.4 is 0 Å². The molecule has 0 saturated carbocycles. The zero-order chi connectivity index (χ0) is 14.0. The van der Waals surface area contributed by atoms with Crippen molar-refractivity contribution in [3.05, 3.63) is 39.7 Å². The van der Waals surface area contributed by atoms with E-state index in [4.69, 9.17) is 0 Å². The Morgan fingerprint density at radius 2 is 2.32 bits per heavy atom. The Labute approximate surface area is 110 Å². The third-order valence-corrected chi connectivity index (χ3v) is 3.65. The van der Waals surface area contributed by atoms with E-state index >= 15 is 0 Å². The molecule has 0 bridgehead atoms. The van der Waals surface area contributed by atoms with Crippen LogP contribution in [0.2, 0.25) is 0 Å². The molecule has 1 N–H and O–H groups in total. The summed E-state index contributed by atoms with van der Waals surface area (Å²) in [5, 5.41) is 20.5. The zero-order valence-corrected chi connectivity index (χ0v) is 10.8. The first-order valence-electron chi connectivity index (χ1n) is 6.31. The third-order valence-electron chi connectivity index (χ3n) is 3.65. The van der Waals surface area contributed by atoms with E-state index < -0.39 is 22.5 Å². The van der Waals surface area contributed by atoms with Gasteiger partial charge in [0.25, 0.3) is 0 Å². The SMILES string of the molecule is CC1CCN(Cc2cccc([N+](=O)[O-])c2F)CC1O. The molecule has 0 aliphatic carbocycles. The molecule has 6 heteroatoms. The number of rotatable bonds is 3. The van der Waals surface area contributed by atoms with Crippen LogP contribution in [0.5, 0.6) is 0 Å². The fourth-order valence-corrected chi connectivity index (χ4v) is 2.33. The van der Waals surface area contributed by atoms with Gasteiger partial charge in [-0.25, -0.2) is 0 Å². The smallest absolute Gasteiger partial charge is 0.305 e. The molecule has 2 rings (SSSR count). The van der Waals surface area contributed by atoms with E-state index in [1.54, 1.807) is 6.07 Å². The van der Waals surface area contributed by atoms with E-state index in [1.165, 1.54) is 6.07 Å². The number of nitrogens with zero attached hydrogens (tertiary/aromatic N) is 2. The molecule has 1 fully saturated rings. The van der Waals surface area contributed by atoms with Crippen LogP contribution in [0, 0.1) is 21.8 Å². The van der Waals surface area contributed by atoms with Gasteiger partial charge in [-0.15, -0.1) is 0 Å². The van der Waals surface area contributed by atoms with Gasteiger partial charge < -0.3 is 5.11 Å². The summed E-state index contributed by atoms with van der Waals surface area (Å²) in [7, 11) is 0. The van der Waals surface area contributed by atoms with Crippen LogP contribution in [0.25, 0.3) is 0 Å². The molecule has 5 nitrogen and oxygen atoms in total. The minimum absolute atomic E-state index is 0.242. The summed E-state index contributed by atoms with van der Waals surface area (Å²) in [6.07, 6.45) is 0.424. The number of β-amino-alcohol motifs (C(OH)–C–C–N with tert-alkyl or cyclic N) is 1. The highest BCUT2D eigenvalue weighted by Gasteiger charge is 2.26. The van der Waals surface area contributed by atoms with E-state index in [9.17, 15) is 19.6 Å². The van der Waals surface area contributed by atoms with Gasteiger partial charge >= 0.3 is 5.69 Å². The lowest BCUT2D eigenvalue weighted by Crippen LogP contribution is -2.42. The number of hydrogen-bond acceptors (Lipinski definition) is 4. The maximum Gasteiger partial charge on any atom is 0.305 e. The summed E-state index contributed by atoms with van der Waals surface area (Å²) < 4.78 is 13.9. The van der Waals surface area contributed by atoms with Crippen LogP contribution >= 0.6 is 0 Å². The molecule has 0 radical (unpaired) electrons. The van der Waals surface area contributed by atoms with Crippen molar-refractivity contribution in [1.82, 2.24) is 4.90 Å². The second kappa shape index (κ2) is 5.63. The van der Waals surface area contributed by atoms with Gasteiger partial charge in [-0.3, -0.25) is 15.0 Å². The molecule has 0 amide bonds. The lowest BCUT2D eigenvalue weighted by Gasteiger charge is -2.34. The van der Waals surface area contributed by atoms with Crippen molar-refractivity contribution in [2.24, 2.45) is 5.92 Å². The Hall–Kier alpha value is -1.53. The highest BCUT2D eigenvalue weighted by Crippen LogP contribution is 2.24. The first-order chi connectivity index (χ1) is 8.99. The van der Waals surface area contributed by atoms with Gasteiger partial charge in [0.2, 0.25) is 5.82 Å². The van der Waals surface area contributed by atoms with E-state index in [0.717, 1.165) is 19.0 Å². The Balaban J connectivity index is 2.11. The Kier molecular flexibility index (Phi) is 4.11. The molecule has 1 aliphatic heterocycles. The molecule has 0 aromatic heterocycles. The lowest BCUT2D eigenvalue weighted by molar-refractivity contribution is -0.387. The first-order valence-corrected chi connectivity index (χ1v) is 6.31. The number of aliphatic hydroxyl groups excluding tert-OH is 1. The molecule has 1 aromatic carbocycles. The van der Waals surface area contributed by atoms with Gasteiger partial charge in [0.05, 0.1) is 11.0 Å². The van der Waals surface area contributed by atoms with Crippen molar-refractivity contribution in [3.8, 4) is 0 Å². The van der Waals surface area contributed by atoms with E-state index in [0.29, 0.717) is 12.1 Å². The second-order valence-corrected chi connectivity index (χ2v) is 5.08. The predicted octanol–water partition coefficient (Wildman–Crippen LogP) is 1.94. The monoisotopic (exact) mass is 268 g/mol. The van der Waals surface area contributed by atoms with Crippen LogP contribution in [0.15, 0.2) is 18.2 Å². The number of nitro groups is 1. The Morgan fingerprint density at radius 3 is 2.95 bits per heavy atom.